The summed E-state index contributed by atoms with van der Waals surface area (Å²) in [5, 5.41) is 0.748. The molecule has 4 aromatic rings. The number of halogens is 2. The number of nitrogens with zero attached hydrogens (tertiary/aromatic N) is 2. The van der Waals surface area contributed by atoms with Gasteiger partial charge in [-0.15, -0.1) is 0 Å². The first kappa shape index (κ1) is 15.2. The summed E-state index contributed by atoms with van der Waals surface area (Å²) >= 11 is 0. The lowest BCUT2D eigenvalue weighted by atomic mass is 10.0. The number of hydrogen-bond acceptors (Lipinski definition) is 2. The largest absolute Gasteiger partial charge is 0.269 e. The second kappa shape index (κ2) is 5.94. The standard InChI is InChI=1S/C20H12F2N2O/c21-14-3-1-13(2-4-14)17-11-12-23-20-18(17)9-10-19(25)24(20)16-7-5-15(22)6-8-16/h1-12H. The van der Waals surface area contributed by atoms with Crippen molar-refractivity contribution in [1.29, 1.82) is 0 Å². The molecule has 0 radical (unpaired) electrons. The van der Waals surface area contributed by atoms with Crippen molar-refractivity contribution in [2.45, 2.75) is 0 Å². The molecule has 0 amide bonds. The fourth-order valence-corrected chi connectivity index (χ4v) is 2.86. The molecule has 2 aromatic heterocycles. The Morgan fingerprint density at radius 2 is 1.40 bits per heavy atom. The lowest BCUT2D eigenvalue weighted by molar-refractivity contribution is 0.627. The van der Waals surface area contributed by atoms with Crippen LogP contribution in [-0.4, -0.2) is 9.55 Å². The Kier molecular flexibility index (Phi) is 3.61. The molecule has 2 aromatic carbocycles. The van der Waals surface area contributed by atoms with Crippen molar-refractivity contribution in [3.8, 4) is 16.8 Å². The van der Waals surface area contributed by atoms with Gasteiger partial charge in [-0.3, -0.25) is 9.36 Å². The van der Waals surface area contributed by atoms with Crippen LogP contribution in [0.25, 0.3) is 27.8 Å². The van der Waals surface area contributed by atoms with E-state index in [4.69, 9.17) is 0 Å². The van der Waals surface area contributed by atoms with E-state index in [0.29, 0.717) is 11.3 Å². The summed E-state index contributed by atoms with van der Waals surface area (Å²) in [7, 11) is 0. The third kappa shape index (κ3) is 2.70. The van der Waals surface area contributed by atoms with Gasteiger partial charge in [0.1, 0.15) is 17.3 Å². The predicted molar refractivity (Wildman–Crippen MR) is 92.7 cm³/mol. The van der Waals surface area contributed by atoms with Crippen LogP contribution in [0.3, 0.4) is 0 Å². The second-order valence-corrected chi connectivity index (χ2v) is 5.59. The molecule has 0 saturated carbocycles. The SMILES string of the molecule is O=c1ccc2c(-c3ccc(F)cc3)ccnc2n1-c1ccc(F)cc1. The maximum Gasteiger partial charge on any atom is 0.256 e. The third-order valence-corrected chi connectivity index (χ3v) is 4.03. The van der Waals surface area contributed by atoms with Gasteiger partial charge < -0.3 is 0 Å². The van der Waals surface area contributed by atoms with Crippen molar-refractivity contribution in [2.24, 2.45) is 0 Å². The molecule has 2 heterocycles. The van der Waals surface area contributed by atoms with Crippen molar-refractivity contribution in [3.05, 3.63) is 94.9 Å². The summed E-state index contributed by atoms with van der Waals surface area (Å²) in [5.41, 5.74) is 2.38. The van der Waals surface area contributed by atoms with E-state index in [1.54, 1.807) is 24.4 Å². The van der Waals surface area contributed by atoms with E-state index in [1.807, 2.05) is 6.07 Å². The monoisotopic (exact) mass is 334 g/mol. The molecule has 0 atom stereocenters. The molecule has 0 N–H and O–H groups in total. The second-order valence-electron chi connectivity index (χ2n) is 5.59. The minimum atomic E-state index is -0.378. The smallest absolute Gasteiger partial charge is 0.256 e. The van der Waals surface area contributed by atoms with Gasteiger partial charge in [-0.25, -0.2) is 13.8 Å². The Morgan fingerprint density at radius 1 is 0.760 bits per heavy atom. The van der Waals surface area contributed by atoms with Crippen LogP contribution >= 0.6 is 0 Å². The normalized spacial score (nSPS) is 11.0. The van der Waals surface area contributed by atoms with Crippen LogP contribution in [0.4, 0.5) is 8.78 Å². The molecule has 0 bridgehead atoms. The molecule has 5 heteroatoms. The lowest BCUT2D eigenvalue weighted by Crippen LogP contribution is -2.18. The molecule has 0 aliphatic heterocycles. The van der Waals surface area contributed by atoms with E-state index in [2.05, 4.69) is 4.98 Å². The van der Waals surface area contributed by atoms with E-state index in [-0.39, 0.29) is 17.2 Å². The van der Waals surface area contributed by atoms with Crippen molar-refractivity contribution in [3.63, 3.8) is 0 Å². The summed E-state index contributed by atoms with van der Waals surface area (Å²) in [6.07, 6.45) is 1.60. The first-order valence-corrected chi connectivity index (χ1v) is 7.66. The average Bonchev–Trinajstić information content (AvgIpc) is 2.63. The zero-order chi connectivity index (χ0) is 17.4. The van der Waals surface area contributed by atoms with Gasteiger partial charge in [0.25, 0.3) is 5.56 Å². The topological polar surface area (TPSA) is 34.9 Å². The van der Waals surface area contributed by atoms with Crippen LogP contribution in [0.2, 0.25) is 0 Å². The lowest BCUT2D eigenvalue weighted by Gasteiger charge is -2.12. The molecular weight excluding hydrogens is 322 g/mol. The maximum atomic E-state index is 13.2. The molecule has 0 fully saturated rings. The van der Waals surface area contributed by atoms with Crippen LogP contribution in [0.1, 0.15) is 0 Å². The van der Waals surface area contributed by atoms with Gasteiger partial charge >= 0.3 is 0 Å². The minimum absolute atomic E-state index is 0.261. The molecule has 0 aliphatic rings. The first-order chi connectivity index (χ1) is 12.1. The van der Waals surface area contributed by atoms with E-state index in [9.17, 15) is 13.6 Å². The van der Waals surface area contributed by atoms with Gasteiger partial charge in [-0.2, -0.15) is 0 Å². The van der Waals surface area contributed by atoms with Gasteiger partial charge in [0.2, 0.25) is 0 Å². The van der Waals surface area contributed by atoms with Crippen LogP contribution < -0.4 is 5.56 Å². The van der Waals surface area contributed by atoms with Crippen molar-refractivity contribution < 1.29 is 8.78 Å². The van der Waals surface area contributed by atoms with Crippen LogP contribution in [-0.2, 0) is 0 Å². The van der Waals surface area contributed by atoms with Gasteiger partial charge in [0, 0.05) is 17.6 Å². The van der Waals surface area contributed by atoms with Crippen LogP contribution in [0.15, 0.2) is 77.7 Å². The molecule has 4 rings (SSSR count). The summed E-state index contributed by atoms with van der Waals surface area (Å²) in [6, 6.07) is 16.7. The molecule has 0 saturated heterocycles. The van der Waals surface area contributed by atoms with Crippen molar-refractivity contribution in [1.82, 2.24) is 9.55 Å². The summed E-state index contributed by atoms with van der Waals surface area (Å²) in [6.45, 7) is 0. The summed E-state index contributed by atoms with van der Waals surface area (Å²) < 4.78 is 27.8. The zero-order valence-electron chi connectivity index (χ0n) is 13.0. The maximum absolute atomic E-state index is 13.2. The minimum Gasteiger partial charge on any atom is -0.269 e. The predicted octanol–water partition coefficient (Wildman–Crippen LogP) is 4.33. The fourth-order valence-electron chi connectivity index (χ4n) is 2.86. The number of aromatic nitrogens is 2. The molecule has 25 heavy (non-hydrogen) atoms. The molecule has 3 nitrogen and oxygen atoms in total. The molecule has 0 aliphatic carbocycles. The molecular formula is C20H12F2N2O. The highest BCUT2D eigenvalue weighted by atomic mass is 19.1. The average molecular weight is 334 g/mol. The Morgan fingerprint density at radius 3 is 2.08 bits per heavy atom. The summed E-state index contributed by atoms with van der Waals surface area (Å²) in [4.78, 5) is 16.7. The van der Waals surface area contributed by atoms with Gasteiger partial charge in [-0.05, 0) is 59.7 Å². The number of fused-ring (bicyclic) bond motifs is 1. The number of rotatable bonds is 2. The van der Waals surface area contributed by atoms with Gasteiger partial charge in [-0.1, -0.05) is 12.1 Å². The van der Waals surface area contributed by atoms with Crippen molar-refractivity contribution in [2.75, 3.05) is 0 Å². The third-order valence-electron chi connectivity index (χ3n) is 4.03. The van der Waals surface area contributed by atoms with Crippen molar-refractivity contribution >= 4 is 11.0 Å². The van der Waals surface area contributed by atoms with E-state index < -0.39 is 0 Å². The van der Waals surface area contributed by atoms with E-state index in [0.717, 1.165) is 16.5 Å². The first-order valence-electron chi connectivity index (χ1n) is 7.66. The highest BCUT2D eigenvalue weighted by Gasteiger charge is 2.11. The Labute approximate surface area is 141 Å². The van der Waals surface area contributed by atoms with Gasteiger partial charge in [0.05, 0.1) is 5.69 Å². The molecule has 0 unspecified atom stereocenters. The zero-order valence-corrected chi connectivity index (χ0v) is 13.0. The number of benzene rings is 2. The Hall–Kier alpha value is -3.34. The fraction of sp³-hybridized carbons (Fsp3) is 0. The molecule has 0 spiro atoms. The number of hydrogen-bond donors (Lipinski definition) is 0. The molecule has 122 valence electrons. The highest BCUT2D eigenvalue weighted by molar-refractivity contribution is 5.93. The van der Waals surface area contributed by atoms with E-state index >= 15 is 0 Å². The summed E-state index contributed by atoms with van der Waals surface area (Å²) in [5.74, 6) is -0.692. The van der Waals surface area contributed by atoms with E-state index in [1.165, 1.54) is 47.0 Å². The highest BCUT2D eigenvalue weighted by Crippen LogP contribution is 2.27. The van der Waals surface area contributed by atoms with Gasteiger partial charge in [0.15, 0.2) is 0 Å². The Bertz CT molecular complexity index is 1120. The van der Waals surface area contributed by atoms with Crippen LogP contribution in [0, 0.1) is 11.6 Å². The Balaban J connectivity index is 2.01. The number of pyridine rings is 2. The van der Waals surface area contributed by atoms with Crippen LogP contribution in [0.5, 0.6) is 0 Å². The quantitative estimate of drug-likeness (QED) is 0.547.